The Morgan fingerprint density at radius 2 is 1.48 bits per heavy atom. The molecule has 0 aliphatic rings. The van der Waals surface area contributed by atoms with Crippen LogP contribution in [0.4, 0.5) is 4.79 Å². The van der Waals surface area contributed by atoms with Crippen LogP contribution in [0.15, 0.2) is 35.9 Å². The maximum absolute atomic E-state index is 14.4. The number of nitrogens with one attached hydrogen (secondary N) is 1. The van der Waals surface area contributed by atoms with Crippen LogP contribution in [0.2, 0.25) is 0 Å². The molecule has 0 radical (unpaired) electrons. The van der Waals surface area contributed by atoms with E-state index in [0.29, 0.717) is 5.75 Å². The normalized spacial score (nSPS) is 14.8. The Morgan fingerprint density at radius 1 is 0.955 bits per heavy atom. The van der Waals surface area contributed by atoms with Crippen molar-refractivity contribution in [2.75, 3.05) is 27.5 Å². The third-order valence-electron chi connectivity index (χ3n) is 7.83. The van der Waals surface area contributed by atoms with Crippen molar-refractivity contribution in [1.29, 1.82) is 0 Å². The van der Waals surface area contributed by atoms with E-state index in [2.05, 4.69) is 5.32 Å². The second-order valence-electron chi connectivity index (χ2n) is 13.5. The van der Waals surface area contributed by atoms with Crippen LogP contribution >= 0.6 is 11.8 Å². The van der Waals surface area contributed by atoms with Gasteiger partial charge in [0.05, 0.1) is 13.2 Å². The molecule has 0 aliphatic heterocycles. The topological polar surface area (TPSA) is 125 Å². The molecule has 0 saturated heterocycles. The maximum atomic E-state index is 14.4. The predicted octanol–water partition coefficient (Wildman–Crippen LogP) is 5.35. The van der Waals surface area contributed by atoms with Gasteiger partial charge in [0.25, 0.3) is 0 Å². The number of likely N-dealkylation sites (N-methyl/N-ethyl adjacent to an activating group) is 2. The Kier molecular flexibility index (Phi) is 13.4. The summed E-state index contributed by atoms with van der Waals surface area (Å²) in [6, 6.07) is 4.62. The van der Waals surface area contributed by atoms with E-state index >= 15 is 0 Å². The molecule has 0 fully saturated rings. The van der Waals surface area contributed by atoms with Crippen molar-refractivity contribution < 1.29 is 33.8 Å². The Morgan fingerprint density at radius 3 is 1.89 bits per heavy atom. The van der Waals surface area contributed by atoms with Gasteiger partial charge >= 0.3 is 12.1 Å². The first-order valence-corrected chi connectivity index (χ1v) is 15.9. The van der Waals surface area contributed by atoms with Gasteiger partial charge in [0, 0.05) is 29.8 Å². The number of carboxylic acid groups (broad SMARTS) is 1. The lowest BCUT2D eigenvalue weighted by atomic mass is 9.76. The lowest BCUT2D eigenvalue weighted by Crippen LogP contribution is -2.64. The summed E-state index contributed by atoms with van der Waals surface area (Å²) in [5.41, 5.74) is -0.848. The van der Waals surface area contributed by atoms with Gasteiger partial charge in [0.15, 0.2) is 0 Å². The Labute approximate surface area is 267 Å². The first kappa shape index (κ1) is 38.8. The molecule has 0 bridgehead atoms. The Balaban J connectivity index is 3.71. The van der Waals surface area contributed by atoms with Gasteiger partial charge in [-0.2, -0.15) is 11.8 Å². The number of carbonyl (C=O) groups is 4. The molecule has 3 amide bonds. The van der Waals surface area contributed by atoms with Gasteiger partial charge < -0.3 is 24.8 Å². The number of thioether (sulfide) groups is 1. The minimum absolute atomic E-state index is 0.105. The second-order valence-corrected chi connectivity index (χ2v) is 15.0. The van der Waals surface area contributed by atoms with Crippen molar-refractivity contribution >= 4 is 35.6 Å². The maximum Gasteiger partial charge on any atom is 0.410 e. The number of rotatable bonds is 13. The Hall–Kier alpha value is -3.21. The zero-order chi connectivity index (χ0) is 34.4. The molecule has 0 unspecified atom stereocenters. The number of amides is 3. The van der Waals surface area contributed by atoms with Crippen LogP contribution in [-0.2, 0) is 24.5 Å². The molecule has 1 aromatic carbocycles. The van der Waals surface area contributed by atoms with Crippen LogP contribution in [0.1, 0.15) is 74.8 Å². The summed E-state index contributed by atoms with van der Waals surface area (Å²) in [4.78, 5) is 56.3. The highest BCUT2D eigenvalue weighted by Gasteiger charge is 2.46. The lowest BCUT2D eigenvalue weighted by molar-refractivity contribution is -0.139. The summed E-state index contributed by atoms with van der Waals surface area (Å²) in [6.07, 6.45) is 2.73. The number of ether oxygens (including phenoxy) is 2. The van der Waals surface area contributed by atoms with Gasteiger partial charge in [0.2, 0.25) is 11.8 Å². The van der Waals surface area contributed by atoms with E-state index in [-0.39, 0.29) is 17.4 Å². The smallest absolute Gasteiger partial charge is 0.410 e. The van der Waals surface area contributed by atoms with E-state index in [0.717, 1.165) is 5.56 Å². The van der Waals surface area contributed by atoms with Crippen LogP contribution in [0.25, 0.3) is 0 Å². The first-order chi connectivity index (χ1) is 20.0. The molecule has 2 N–H and O–H groups in total. The van der Waals surface area contributed by atoms with Crippen molar-refractivity contribution in [2.45, 2.75) is 103 Å². The number of aliphatic carboxylic acids is 1. The molecule has 0 aliphatic carbocycles. The summed E-state index contributed by atoms with van der Waals surface area (Å²) in [7, 11) is 4.69. The standard InChI is InChI=1S/C33H53N3O7S/c1-20(2)24(19-21(3)29(39)40)35(11)28(38)25(33(9,10)44-14)34-27(37)26(36(12)30(41)43-31(4,5)6)32(7,8)22-15-17-23(42-13)18-16-22/h15-20,24-26H,1-14H3,(H,34,37)(H,39,40)/t24-,25-,26-/m1/s1. The van der Waals surface area contributed by atoms with E-state index in [9.17, 15) is 24.3 Å². The summed E-state index contributed by atoms with van der Waals surface area (Å²) >= 11 is 1.41. The number of hydrogen-bond acceptors (Lipinski definition) is 7. The fourth-order valence-corrected chi connectivity index (χ4v) is 5.30. The molecule has 0 spiro atoms. The zero-order valence-electron chi connectivity index (χ0n) is 28.9. The lowest BCUT2D eigenvalue weighted by Gasteiger charge is -2.43. The monoisotopic (exact) mass is 635 g/mol. The molecule has 1 aromatic rings. The SMILES string of the molecule is COc1ccc(C(C)(C)[C@@H](C(=O)N[C@H](C(=O)N(C)[C@H](C=C(C)C(=O)O)C(C)C)C(C)(C)SC)N(C)C(=O)OC(C)(C)C)cc1. The van der Waals surface area contributed by atoms with Gasteiger partial charge in [-0.3, -0.25) is 14.5 Å². The van der Waals surface area contributed by atoms with Gasteiger partial charge in [-0.15, -0.1) is 0 Å². The van der Waals surface area contributed by atoms with E-state index in [1.54, 1.807) is 53.1 Å². The molecular weight excluding hydrogens is 582 g/mol. The van der Waals surface area contributed by atoms with Crippen LogP contribution in [-0.4, -0.2) is 94.7 Å². The van der Waals surface area contributed by atoms with Crippen LogP contribution < -0.4 is 10.1 Å². The molecule has 10 nitrogen and oxygen atoms in total. The van der Waals surface area contributed by atoms with E-state index in [1.165, 1.54) is 35.5 Å². The highest BCUT2D eigenvalue weighted by Crippen LogP contribution is 2.34. The Bertz CT molecular complexity index is 1200. The highest BCUT2D eigenvalue weighted by molar-refractivity contribution is 8.00. The molecule has 3 atom stereocenters. The van der Waals surface area contributed by atoms with Crippen molar-refractivity contribution in [3.63, 3.8) is 0 Å². The third-order valence-corrected chi connectivity index (χ3v) is 9.11. The van der Waals surface area contributed by atoms with E-state index in [1.807, 2.05) is 59.9 Å². The fraction of sp³-hybridized carbons (Fsp3) is 0.636. The summed E-state index contributed by atoms with van der Waals surface area (Å²) in [5.74, 6) is -1.45. The molecule has 0 aromatic heterocycles. The molecular formula is C33H53N3O7S. The van der Waals surface area contributed by atoms with Gasteiger partial charge in [-0.1, -0.05) is 45.9 Å². The number of nitrogens with zero attached hydrogens (tertiary/aromatic N) is 2. The zero-order valence-corrected chi connectivity index (χ0v) is 29.7. The molecule has 1 rings (SSSR count). The number of hydrogen-bond donors (Lipinski definition) is 2. The van der Waals surface area contributed by atoms with Crippen molar-refractivity contribution in [3.05, 3.63) is 41.5 Å². The second kappa shape index (κ2) is 15.2. The number of benzene rings is 1. The largest absolute Gasteiger partial charge is 0.497 e. The molecule has 0 heterocycles. The number of carbonyl (C=O) groups excluding carboxylic acids is 3. The van der Waals surface area contributed by atoms with Crippen molar-refractivity contribution in [2.24, 2.45) is 5.92 Å². The third kappa shape index (κ3) is 9.90. The van der Waals surface area contributed by atoms with Gasteiger partial charge in [0.1, 0.15) is 23.4 Å². The first-order valence-electron chi connectivity index (χ1n) is 14.7. The van der Waals surface area contributed by atoms with Crippen LogP contribution in [0.5, 0.6) is 5.75 Å². The number of methoxy groups -OCH3 is 1. The van der Waals surface area contributed by atoms with Crippen molar-refractivity contribution in [3.8, 4) is 5.75 Å². The predicted molar refractivity (Wildman–Crippen MR) is 176 cm³/mol. The van der Waals surface area contributed by atoms with Crippen molar-refractivity contribution in [1.82, 2.24) is 15.1 Å². The molecule has 248 valence electrons. The average Bonchev–Trinajstić information content (AvgIpc) is 2.92. The van der Waals surface area contributed by atoms with Gasteiger partial charge in [-0.25, -0.2) is 9.59 Å². The summed E-state index contributed by atoms with van der Waals surface area (Å²) in [5, 5.41) is 12.5. The van der Waals surface area contributed by atoms with E-state index in [4.69, 9.17) is 9.47 Å². The molecule has 44 heavy (non-hydrogen) atoms. The molecule has 11 heteroatoms. The van der Waals surface area contributed by atoms with Crippen LogP contribution in [0.3, 0.4) is 0 Å². The minimum atomic E-state index is -1.08. The van der Waals surface area contributed by atoms with Crippen LogP contribution in [0, 0.1) is 5.92 Å². The summed E-state index contributed by atoms with van der Waals surface area (Å²) < 4.78 is 10.2. The van der Waals surface area contributed by atoms with E-state index < -0.39 is 51.9 Å². The highest BCUT2D eigenvalue weighted by atomic mass is 32.2. The summed E-state index contributed by atoms with van der Waals surface area (Å²) in [6.45, 7) is 18.0. The fourth-order valence-electron chi connectivity index (χ4n) is 4.91. The average molecular weight is 636 g/mol. The number of carboxylic acids is 1. The quantitative estimate of drug-likeness (QED) is 0.278. The minimum Gasteiger partial charge on any atom is -0.497 e. The molecule has 0 saturated carbocycles. The van der Waals surface area contributed by atoms with Gasteiger partial charge in [-0.05, 0) is 71.4 Å².